The van der Waals surface area contributed by atoms with E-state index in [4.69, 9.17) is 11.6 Å². The molecular formula is C12H22ClN3. The van der Waals surface area contributed by atoms with Gasteiger partial charge in [-0.3, -0.25) is 4.57 Å². The summed E-state index contributed by atoms with van der Waals surface area (Å²) in [5.41, 5.74) is -0.0664. The SMILES string of the molecule is CCCC(C)(C)n1c(Cl)nnc1C(C)(C)C. The Morgan fingerprint density at radius 1 is 1.12 bits per heavy atom. The fraction of sp³-hybridized carbons (Fsp3) is 0.833. The zero-order valence-corrected chi connectivity index (χ0v) is 11.9. The van der Waals surface area contributed by atoms with Crippen molar-refractivity contribution in [3.05, 3.63) is 11.1 Å². The lowest BCUT2D eigenvalue weighted by Crippen LogP contribution is -2.32. The molecule has 0 aliphatic carbocycles. The highest BCUT2D eigenvalue weighted by atomic mass is 35.5. The van der Waals surface area contributed by atoms with E-state index in [9.17, 15) is 0 Å². The number of aromatic nitrogens is 3. The Morgan fingerprint density at radius 2 is 1.69 bits per heavy atom. The second kappa shape index (κ2) is 4.36. The fourth-order valence-corrected chi connectivity index (χ4v) is 2.36. The van der Waals surface area contributed by atoms with Crippen molar-refractivity contribution in [2.24, 2.45) is 0 Å². The van der Waals surface area contributed by atoms with E-state index in [-0.39, 0.29) is 11.0 Å². The molecule has 0 saturated heterocycles. The molecular weight excluding hydrogens is 222 g/mol. The van der Waals surface area contributed by atoms with Gasteiger partial charge in [-0.05, 0) is 31.9 Å². The molecule has 16 heavy (non-hydrogen) atoms. The van der Waals surface area contributed by atoms with Crippen LogP contribution >= 0.6 is 11.6 Å². The summed E-state index contributed by atoms with van der Waals surface area (Å²) in [7, 11) is 0. The van der Waals surface area contributed by atoms with E-state index in [1.165, 1.54) is 0 Å². The van der Waals surface area contributed by atoms with E-state index < -0.39 is 0 Å². The highest BCUT2D eigenvalue weighted by Crippen LogP contribution is 2.31. The van der Waals surface area contributed by atoms with E-state index in [2.05, 4.69) is 56.3 Å². The minimum atomic E-state index is -0.0366. The van der Waals surface area contributed by atoms with Crippen molar-refractivity contribution < 1.29 is 0 Å². The summed E-state index contributed by atoms with van der Waals surface area (Å²) in [6, 6.07) is 0. The second-order valence-electron chi connectivity index (χ2n) is 5.94. The van der Waals surface area contributed by atoms with E-state index in [1.54, 1.807) is 0 Å². The van der Waals surface area contributed by atoms with Gasteiger partial charge < -0.3 is 0 Å². The van der Waals surface area contributed by atoms with Crippen molar-refractivity contribution in [3.63, 3.8) is 0 Å². The third kappa shape index (κ3) is 2.57. The summed E-state index contributed by atoms with van der Waals surface area (Å²) >= 11 is 6.16. The summed E-state index contributed by atoms with van der Waals surface area (Å²) in [6.07, 6.45) is 2.18. The molecule has 0 unspecified atom stereocenters. The average molecular weight is 244 g/mol. The number of halogens is 1. The van der Waals surface area contributed by atoms with E-state index in [1.807, 2.05) is 0 Å². The Hall–Kier alpha value is -0.570. The topological polar surface area (TPSA) is 30.7 Å². The van der Waals surface area contributed by atoms with Crippen molar-refractivity contribution in [3.8, 4) is 0 Å². The Bertz CT molecular complexity index is 361. The minimum absolute atomic E-state index is 0.0298. The van der Waals surface area contributed by atoms with Gasteiger partial charge in [0.15, 0.2) is 0 Å². The Balaban J connectivity index is 3.27. The van der Waals surface area contributed by atoms with Gasteiger partial charge in [0.25, 0.3) is 0 Å². The monoisotopic (exact) mass is 243 g/mol. The van der Waals surface area contributed by atoms with Crippen LogP contribution in [-0.4, -0.2) is 14.8 Å². The molecule has 92 valence electrons. The van der Waals surface area contributed by atoms with Crippen molar-refractivity contribution in [2.45, 2.75) is 65.3 Å². The predicted molar refractivity (Wildman–Crippen MR) is 68.0 cm³/mol. The van der Waals surface area contributed by atoms with Crippen molar-refractivity contribution in [1.82, 2.24) is 14.8 Å². The lowest BCUT2D eigenvalue weighted by Gasteiger charge is -2.31. The molecule has 1 heterocycles. The molecule has 0 radical (unpaired) electrons. The molecule has 0 fully saturated rings. The molecule has 1 aromatic heterocycles. The van der Waals surface area contributed by atoms with Crippen LogP contribution in [0.1, 0.15) is 60.2 Å². The van der Waals surface area contributed by atoms with Gasteiger partial charge in [-0.15, -0.1) is 10.2 Å². The van der Waals surface area contributed by atoms with E-state index in [0.29, 0.717) is 5.28 Å². The van der Waals surface area contributed by atoms with Crippen LogP contribution < -0.4 is 0 Å². The molecule has 0 N–H and O–H groups in total. The van der Waals surface area contributed by atoms with Crippen molar-refractivity contribution in [2.75, 3.05) is 0 Å². The first-order chi connectivity index (χ1) is 7.20. The third-order valence-electron chi connectivity index (χ3n) is 2.76. The maximum Gasteiger partial charge on any atom is 0.225 e. The highest BCUT2D eigenvalue weighted by molar-refractivity contribution is 6.28. The predicted octanol–water partition coefficient (Wildman–Crippen LogP) is 3.76. The van der Waals surface area contributed by atoms with Gasteiger partial charge >= 0.3 is 0 Å². The third-order valence-corrected chi connectivity index (χ3v) is 3.01. The van der Waals surface area contributed by atoms with Gasteiger partial charge in [0, 0.05) is 11.0 Å². The summed E-state index contributed by atoms with van der Waals surface area (Å²) < 4.78 is 2.07. The van der Waals surface area contributed by atoms with Crippen LogP contribution in [0.5, 0.6) is 0 Å². The minimum Gasteiger partial charge on any atom is -0.296 e. The van der Waals surface area contributed by atoms with Gasteiger partial charge in [-0.25, -0.2) is 0 Å². The molecule has 0 saturated carbocycles. The average Bonchev–Trinajstić information content (AvgIpc) is 2.46. The normalized spacial score (nSPS) is 13.2. The molecule has 4 heteroatoms. The molecule has 0 amide bonds. The molecule has 0 aromatic carbocycles. The summed E-state index contributed by atoms with van der Waals surface area (Å²) in [4.78, 5) is 0. The molecule has 0 spiro atoms. The smallest absolute Gasteiger partial charge is 0.225 e. The maximum absolute atomic E-state index is 6.16. The molecule has 0 aliphatic rings. The van der Waals surface area contributed by atoms with Gasteiger partial charge in [-0.1, -0.05) is 34.1 Å². The van der Waals surface area contributed by atoms with E-state index >= 15 is 0 Å². The molecule has 0 bridgehead atoms. The maximum atomic E-state index is 6.16. The van der Waals surface area contributed by atoms with Crippen LogP contribution in [-0.2, 0) is 11.0 Å². The largest absolute Gasteiger partial charge is 0.296 e. The van der Waals surface area contributed by atoms with Gasteiger partial charge in [0.1, 0.15) is 5.82 Å². The lowest BCUT2D eigenvalue weighted by molar-refractivity contribution is 0.298. The van der Waals surface area contributed by atoms with Gasteiger partial charge in [0.2, 0.25) is 5.28 Å². The van der Waals surface area contributed by atoms with Crippen LogP contribution in [0, 0.1) is 0 Å². The highest BCUT2D eigenvalue weighted by Gasteiger charge is 2.31. The summed E-state index contributed by atoms with van der Waals surface area (Å²) in [5.74, 6) is 0.955. The molecule has 3 nitrogen and oxygen atoms in total. The number of hydrogen-bond donors (Lipinski definition) is 0. The molecule has 1 aromatic rings. The quantitative estimate of drug-likeness (QED) is 0.809. The zero-order valence-electron chi connectivity index (χ0n) is 11.1. The van der Waals surface area contributed by atoms with Crippen LogP contribution in [0.25, 0.3) is 0 Å². The van der Waals surface area contributed by atoms with Gasteiger partial charge in [0.05, 0.1) is 0 Å². The Labute approximate surface area is 103 Å². The van der Waals surface area contributed by atoms with Crippen LogP contribution in [0.3, 0.4) is 0 Å². The summed E-state index contributed by atoms with van der Waals surface area (Å²) in [6.45, 7) is 12.9. The van der Waals surface area contributed by atoms with Crippen LogP contribution in [0.15, 0.2) is 0 Å². The Morgan fingerprint density at radius 3 is 2.12 bits per heavy atom. The Kier molecular flexibility index (Phi) is 3.68. The second-order valence-corrected chi connectivity index (χ2v) is 6.28. The van der Waals surface area contributed by atoms with Crippen molar-refractivity contribution in [1.29, 1.82) is 0 Å². The first-order valence-electron chi connectivity index (χ1n) is 5.82. The number of nitrogens with zero attached hydrogens (tertiary/aromatic N) is 3. The molecule has 1 rings (SSSR count). The van der Waals surface area contributed by atoms with E-state index in [0.717, 1.165) is 18.7 Å². The van der Waals surface area contributed by atoms with Crippen molar-refractivity contribution >= 4 is 11.6 Å². The van der Waals surface area contributed by atoms with Gasteiger partial charge in [-0.2, -0.15) is 0 Å². The summed E-state index contributed by atoms with van der Waals surface area (Å²) in [5, 5.41) is 8.72. The van der Waals surface area contributed by atoms with Crippen LogP contribution in [0.2, 0.25) is 5.28 Å². The zero-order chi connectivity index (χ0) is 12.6. The first kappa shape index (κ1) is 13.5. The number of hydrogen-bond acceptors (Lipinski definition) is 2. The molecule has 0 atom stereocenters. The molecule has 0 aliphatic heterocycles. The number of rotatable bonds is 3. The lowest BCUT2D eigenvalue weighted by atomic mass is 9.92. The van der Waals surface area contributed by atoms with Crippen LogP contribution in [0.4, 0.5) is 0 Å². The fourth-order valence-electron chi connectivity index (χ4n) is 2.01. The standard InChI is InChI=1S/C12H22ClN3/c1-7-8-12(5,6)16-9(11(2,3)4)14-15-10(16)13/h7-8H2,1-6H3. The first-order valence-corrected chi connectivity index (χ1v) is 6.20.